The minimum absolute atomic E-state index is 0.0159. The van der Waals surface area contributed by atoms with Crippen LogP contribution < -0.4 is 0 Å². The van der Waals surface area contributed by atoms with Crippen molar-refractivity contribution in [1.82, 2.24) is 0 Å². The smallest absolute Gasteiger partial charge is 0.0615 e. The summed E-state index contributed by atoms with van der Waals surface area (Å²) in [6.07, 6.45) is 0.709. The van der Waals surface area contributed by atoms with E-state index in [1.54, 1.807) is 0 Å². The van der Waals surface area contributed by atoms with Gasteiger partial charge in [-0.25, -0.2) is 0 Å². The predicted molar refractivity (Wildman–Crippen MR) is 60.0 cm³/mol. The first kappa shape index (κ1) is 13.9. The van der Waals surface area contributed by atoms with Crippen LogP contribution in [0.2, 0.25) is 0 Å². The average molecular weight is 202 g/mol. The highest BCUT2D eigenvalue weighted by Gasteiger charge is 2.28. The molecule has 0 amide bonds. The third-order valence-corrected chi connectivity index (χ3v) is 3.41. The minimum Gasteiger partial charge on any atom is -0.396 e. The van der Waals surface area contributed by atoms with Gasteiger partial charge in [-0.15, -0.1) is 0 Å². The number of hydrogen-bond acceptors (Lipinski definition) is 2. The van der Waals surface area contributed by atoms with Crippen LogP contribution in [-0.4, -0.2) is 22.9 Å². The Morgan fingerprint density at radius 1 is 1.07 bits per heavy atom. The molecule has 0 aromatic heterocycles. The maximum atomic E-state index is 9.98. The first-order valence-corrected chi connectivity index (χ1v) is 5.74. The molecular weight excluding hydrogens is 176 g/mol. The molecule has 0 aliphatic heterocycles. The number of hydrogen-bond donors (Lipinski definition) is 2. The first-order chi connectivity index (χ1) is 6.45. The molecule has 0 aromatic rings. The highest BCUT2D eigenvalue weighted by Crippen LogP contribution is 2.29. The molecular formula is C12H26O2. The Morgan fingerprint density at radius 3 is 1.86 bits per heavy atom. The molecule has 0 rings (SSSR count). The molecule has 2 N–H and O–H groups in total. The molecule has 0 fully saturated rings. The second-order valence-electron chi connectivity index (χ2n) is 4.83. The highest BCUT2D eigenvalue weighted by atomic mass is 16.3. The van der Waals surface area contributed by atoms with Crippen molar-refractivity contribution in [3.05, 3.63) is 0 Å². The van der Waals surface area contributed by atoms with E-state index in [0.717, 1.165) is 6.42 Å². The van der Waals surface area contributed by atoms with Crippen molar-refractivity contribution in [3.63, 3.8) is 0 Å². The van der Waals surface area contributed by atoms with Gasteiger partial charge in [0.2, 0.25) is 0 Å². The largest absolute Gasteiger partial charge is 0.396 e. The fraction of sp³-hybridized carbons (Fsp3) is 1.00. The van der Waals surface area contributed by atoms with Crippen molar-refractivity contribution >= 4 is 0 Å². The van der Waals surface area contributed by atoms with E-state index in [2.05, 4.69) is 27.7 Å². The Hall–Kier alpha value is -0.0800. The monoisotopic (exact) mass is 202 g/mol. The standard InChI is InChI=1S/C12H26O2/c1-6-11(8(2)3)10(5)12(14)9(4)7-13/h8-14H,6-7H2,1-5H3. The molecule has 0 aliphatic rings. The zero-order chi connectivity index (χ0) is 11.3. The number of aliphatic hydroxyl groups excluding tert-OH is 2. The molecule has 4 atom stereocenters. The normalized spacial score (nSPS) is 20.6. The van der Waals surface area contributed by atoms with Gasteiger partial charge in [0.25, 0.3) is 0 Å². The summed E-state index contributed by atoms with van der Waals surface area (Å²) in [6.45, 7) is 10.6. The zero-order valence-corrected chi connectivity index (χ0v) is 10.2. The van der Waals surface area contributed by atoms with Crippen LogP contribution in [0.4, 0.5) is 0 Å². The lowest BCUT2D eigenvalue weighted by molar-refractivity contribution is 0.00501. The highest BCUT2D eigenvalue weighted by molar-refractivity contribution is 4.77. The van der Waals surface area contributed by atoms with E-state index in [1.807, 2.05) is 6.92 Å². The van der Waals surface area contributed by atoms with Crippen LogP contribution in [0.15, 0.2) is 0 Å². The Bertz CT molecular complexity index is 145. The SMILES string of the molecule is CCC(C(C)C)C(C)C(O)C(C)CO. The molecule has 86 valence electrons. The van der Waals surface area contributed by atoms with Gasteiger partial charge in [-0.2, -0.15) is 0 Å². The van der Waals surface area contributed by atoms with Crippen LogP contribution >= 0.6 is 0 Å². The molecule has 0 saturated heterocycles. The summed E-state index contributed by atoms with van der Waals surface area (Å²) in [4.78, 5) is 0. The molecule has 2 nitrogen and oxygen atoms in total. The Morgan fingerprint density at radius 2 is 1.57 bits per heavy atom. The molecule has 2 heteroatoms. The molecule has 0 saturated carbocycles. The van der Waals surface area contributed by atoms with Crippen LogP contribution in [0.5, 0.6) is 0 Å². The third kappa shape index (κ3) is 3.58. The van der Waals surface area contributed by atoms with Crippen molar-refractivity contribution in [1.29, 1.82) is 0 Å². The Balaban J connectivity index is 4.33. The van der Waals surface area contributed by atoms with Gasteiger partial charge in [0.1, 0.15) is 0 Å². The minimum atomic E-state index is -0.382. The van der Waals surface area contributed by atoms with Crippen LogP contribution in [0.1, 0.15) is 41.0 Å². The van der Waals surface area contributed by atoms with E-state index < -0.39 is 0 Å². The van der Waals surface area contributed by atoms with E-state index in [1.165, 1.54) is 0 Å². The summed E-state index contributed by atoms with van der Waals surface area (Å²) >= 11 is 0. The van der Waals surface area contributed by atoms with Gasteiger partial charge >= 0.3 is 0 Å². The first-order valence-electron chi connectivity index (χ1n) is 5.74. The van der Waals surface area contributed by atoms with E-state index in [4.69, 9.17) is 5.11 Å². The van der Waals surface area contributed by atoms with Crippen molar-refractivity contribution in [2.45, 2.75) is 47.1 Å². The second kappa shape index (κ2) is 6.41. The maximum absolute atomic E-state index is 9.98. The van der Waals surface area contributed by atoms with Crippen molar-refractivity contribution in [2.75, 3.05) is 6.61 Å². The van der Waals surface area contributed by atoms with E-state index >= 15 is 0 Å². The molecule has 0 bridgehead atoms. The van der Waals surface area contributed by atoms with E-state index in [-0.39, 0.29) is 24.5 Å². The average Bonchev–Trinajstić information content (AvgIpc) is 2.15. The summed E-state index contributed by atoms with van der Waals surface area (Å²) < 4.78 is 0. The quantitative estimate of drug-likeness (QED) is 0.694. The summed E-state index contributed by atoms with van der Waals surface area (Å²) in [5.41, 5.74) is 0. The van der Waals surface area contributed by atoms with E-state index in [0.29, 0.717) is 11.8 Å². The molecule has 4 unspecified atom stereocenters. The van der Waals surface area contributed by atoms with Gasteiger partial charge in [-0.3, -0.25) is 0 Å². The fourth-order valence-corrected chi connectivity index (χ4v) is 2.33. The van der Waals surface area contributed by atoms with Gasteiger partial charge in [0.05, 0.1) is 6.10 Å². The van der Waals surface area contributed by atoms with Crippen molar-refractivity contribution in [3.8, 4) is 0 Å². The lowest BCUT2D eigenvalue weighted by Gasteiger charge is -2.32. The van der Waals surface area contributed by atoms with Gasteiger partial charge in [0, 0.05) is 12.5 Å². The molecule has 0 aromatic carbocycles. The Labute approximate surface area is 88.3 Å². The number of aliphatic hydroxyl groups is 2. The summed E-state index contributed by atoms with van der Waals surface area (Å²) in [6, 6.07) is 0. The molecule has 0 heterocycles. The van der Waals surface area contributed by atoms with Crippen LogP contribution in [0.3, 0.4) is 0 Å². The summed E-state index contributed by atoms with van der Waals surface area (Å²) in [5, 5.41) is 19.0. The van der Waals surface area contributed by atoms with Crippen molar-refractivity contribution in [2.24, 2.45) is 23.7 Å². The molecule has 14 heavy (non-hydrogen) atoms. The van der Waals surface area contributed by atoms with Gasteiger partial charge in [0.15, 0.2) is 0 Å². The van der Waals surface area contributed by atoms with Gasteiger partial charge in [-0.05, 0) is 17.8 Å². The third-order valence-electron chi connectivity index (χ3n) is 3.41. The van der Waals surface area contributed by atoms with Gasteiger partial charge < -0.3 is 10.2 Å². The Kier molecular flexibility index (Phi) is 6.38. The van der Waals surface area contributed by atoms with Crippen LogP contribution in [0.25, 0.3) is 0 Å². The maximum Gasteiger partial charge on any atom is 0.0615 e. The molecule has 0 spiro atoms. The summed E-state index contributed by atoms with van der Waals surface area (Å²) in [7, 11) is 0. The fourth-order valence-electron chi connectivity index (χ4n) is 2.33. The molecule has 0 aliphatic carbocycles. The van der Waals surface area contributed by atoms with Gasteiger partial charge in [-0.1, -0.05) is 41.0 Å². The lowest BCUT2D eigenvalue weighted by atomic mass is 9.77. The topological polar surface area (TPSA) is 40.5 Å². The van der Waals surface area contributed by atoms with Crippen LogP contribution in [0, 0.1) is 23.7 Å². The number of rotatable bonds is 6. The van der Waals surface area contributed by atoms with Crippen LogP contribution in [-0.2, 0) is 0 Å². The lowest BCUT2D eigenvalue weighted by Crippen LogP contribution is -2.34. The predicted octanol–water partition coefficient (Wildman–Crippen LogP) is 2.29. The second-order valence-corrected chi connectivity index (χ2v) is 4.83. The molecule has 0 radical (unpaired) electrons. The summed E-state index contributed by atoms with van der Waals surface area (Å²) in [5.74, 6) is 1.38. The van der Waals surface area contributed by atoms with E-state index in [9.17, 15) is 5.11 Å². The van der Waals surface area contributed by atoms with Crippen molar-refractivity contribution < 1.29 is 10.2 Å². The zero-order valence-electron chi connectivity index (χ0n) is 10.2.